The molecule has 1 amide bonds. The molecule has 3 nitrogen and oxygen atoms in total. The first kappa shape index (κ1) is 7.43. The number of hydrogen-bond acceptors (Lipinski definition) is 2. The van der Waals surface area contributed by atoms with Crippen molar-refractivity contribution in [1.82, 2.24) is 4.90 Å². The van der Waals surface area contributed by atoms with Crippen molar-refractivity contribution in [1.29, 1.82) is 0 Å². The predicted octanol–water partition coefficient (Wildman–Crippen LogP) is -0.286. The Morgan fingerprint density at radius 2 is 2.38 bits per heavy atom. The van der Waals surface area contributed by atoms with Crippen LogP contribution in [-0.2, 0) is 4.79 Å². The highest BCUT2D eigenvalue weighted by molar-refractivity contribution is 5.48. The first-order chi connectivity index (χ1) is 3.72. The third-order valence-electron chi connectivity index (χ3n) is 0.909. The zero-order chi connectivity index (χ0) is 6.57. The van der Waals surface area contributed by atoms with Crippen molar-refractivity contribution in [3.05, 3.63) is 0 Å². The minimum Gasteiger partial charge on any atom is -0.374 e. The van der Waals surface area contributed by atoms with Crippen LogP contribution >= 0.6 is 0 Å². The van der Waals surface area contributed by atoms with Crippen LogP contribution in [0, 0.1) is 0 Å². The largest absolute Gasteiger partial charge is 0.374 e. The lowest BCUT2D eigenvalue weighted by atomic mass is 10.5. The molecule has 0 saturated heterocycles. The molecule has 0 spiro atoms. The number of rotatable bonds is 3. The van der Waals surface area contributed by atoms with Crippen molar-refractivity contribution in [2.24, 2.45) is 0 Å². The Morgan fingerprint density at radius 3 is 2.38 bits per heavy atom. The molecule has 0 aromatic rings. The first-order valence-corrected chi connectivity index (χ1v) is 2.54. The normalized spacial score (nSPS) is 12.9. The molecule has 1 atom stereocenters. The zero-order valence-electron chi connectivity index (χ0n) is 5.09. The van der Waals surface area contributed by atoms with Gasteiger partial charge >= 0.3 is 6.41 Å². The molecule has 0 aliphatic rings. The third-order valence-corrected chi connectivity index (χ3v) is 0.909. The summed E-state index contributed by atoms with van der Waals surface area (Å²) in [6.07, 6.45) is 0.874. The lowest BCUT2D eigenvalue weighted by molar-refractivity contribution is 0.0719. The molecule has 0 heterocycles. The third kappa shape index (κ3) is 1.93. The van der Waals surface area contributed by atoms with Crippen LogP contribution in [0.1, 0.15) is 13.8 Å². The van der Waals surface area contributed by atoms with Gasteiger partial charge in [0, 0.05) is 6.54 Å². The highest BCUT2D eigenvalue weighted by atomic mass is 16.3. The Morgan fingerprint density at radius 1 is 1.88 bits per heavy atom. The van der Waals surface area contributed by atoms with Gasteiger partial charge in [-0.2, -0.15) is 0 Å². The van der Waals surface area contributed by atoms with Gasteiger partial charge in [-0.05, 0) is 13.8 Å². The van der Waals surface area contributed by atoms with E-state index in [4.69, 9.17) is 5.11 Å². The van der Waals surface area contributed by atoms with Gasteiger partial charge in [0.05, 0.1) is 0 Å². The first-order valence-electron chi connectivity index (χ1n) is 2.54. The number of aliphatic hydroxyl groups excluding tert-OH is 1. The molecule has 1 N–H and O–H groups in total. The van der Waals surface area contributed by atoms with E-state index >= 15 is 0 Å². The second-order valence-corrected chi connectivity index (χ2v) is 1.51. The van der Waals surface area contributed by atoms with E-state index in [1.165, 1.54) is 11.8 Å². The fourth-order valence-electron chi connectivity index (χ4n) is 0.405. The second-order valence-electron chi connectivity index (χ2n) is 1.51. The van der Waals surface area contributed by atoms with Crippen LogP contribution in [0.2, 0.25) is 0 Å². The summed E-state index contributed by atoms with van der Waals surface area (Å²) in [5.74, 6) is 0. The van der Waals surface area contributed by atoms with Crippen LogP contribution in [-0.4, -0.2) is 29.2 Å². The molecule has 8 heavy (non-hydrogen) atoms. The van der Waals surface area contributed by atoms with Crippen molar-refractivity contribution < 1.29 is 9.90 Å². The molecular weight excluding hydrogens is 106 g/mol. The van der Waals surface area contributed by atoms with E-state index in [1.54, 1.807) is 13.3 Å². The average Bonchev–Trinajstić information content (AvgIpc) is 1.69. The van der Waals surface area contributed by atoms with Crippen molar-refractivity contribution in [3.8, 4) is 0 Å². The molecule has 0 bridgehead atoms. The van der Waals surface area contributed by atoms with E-state index in [2.05, 4.69) is 0 Å². The van der Waals surface area contributed by atoms with E-state index in [1.807, 2.05) is 0 Å². The fourth-order valence-corrected chi connectivity index (χ4v) is 0.405. The van der Waals surface area contributed by atoms with Gasteiger partial charge in [0.2, 0.25) is 0 Å². The van der Waals surface area contributed by atoms with E-state index in [9.17, 15) is 4.79 Å². The summed E-state index contributed by atoms with van der Waals surface area (Å²) in [5, 5.41) is 8.68. The highest BCUT2D eigenvalue weighted by Gasteiger charge is 2.03. The summed E-state index contributed by atoms with van der Waals surface area (Å²) >= 11 is 0. The quantitative estimate of drug-likeness (QED) is 0.406. The molecule has 3 heteroatoms. The molecule has 1 unspecified atom stereocenters. The van der Waals surface area contributed by atoms with Gasteiger partial charge in [-0.3, -0.25) is 4.79 Å². The maximum absolute atomic E-state index is 9.82. The fraction of sp³-hybridized carbons (Fsp3) is 0.800. The molecule has 0 aromatic carbocycles. The van der Waals surface area contributed by atoms with Crippen molar-refractivity contribution in [2.45, 2.75) is 20.1 Å². The van der Waals surface area contributed by atoms with E-state index in [-0.39, 0.29) is 0 Å². The van der Waals surface area contributed by atoms with E-state index < -0.39 is 6.23 Å². The van der Waals surface area contributed by atoms with Crippen LogP contribution in [0.3, 0.4) is 0 Å². The summed E-state index contributed by atoms with van der Waals surface area (Å²) in [4.78, 5) is 11.0. The van der Waals surface area contributed by atoms with Crippen LogP contribution in [0.25, 0.3) is 0 Å². The molecule has 0 rings (SSSR count). The summed E-state index contributed by atoms with van der Waals surface area (Å²) in [7, 11) is 0. The zero-order valence-corrected chi connectivity index (χ0v) is 5.09. The number of aliphatic hydroxyl groups is 1. The molecule has 47 valence electrons. The Hall–Kier alpha value is -0.570. The van der Waals surface area contributed by atoms with Gasteiger partial charge in [0.1, 0.15) is 6.23 Å². The average molecular weight is 116 g/mol. The van der Waals surface area contributed by atoms with Crippen LogP contribution in [0.5, 0.6) is 0 Å². The van der Waals surface area contributed by atoms with Gasteiger partial charge < -0.3 is 10.0 Å². The van der Waals surface area contributed by atoms with Gasteiger partial charge in [-0.15, -0.1) is 0 Å². The summed E-state index contributed by atoms with van der Waals surface area (Å²) in [5.41, 5.74) is 0. The molecule has 1 radical (unpaired) electrons. The summed E-state index contributed by atoms with van der Waals surface area (Å²) < 4.78 is 0. The SMILES string of the molecule is CCN([C]=O)C(C)O. The number of carbonyl (C=O) groups excluding carboxylic acids is 1. The number of hydrogen-bond donors (Lipinski definition) is 1. The van der Waals surface area contributed by atoms with Crippen molar-refractivity contribution >= 4 is 6.41 Å². The minimum atomic E-state index is -0.711. The Kier molecular flexibility index (Phi) is 3.19. The maximum Gasteiger partial charge on any atom is 0.314 e. The summed E-state index contributed by atoms with van der Waals surface area (Å²) in [6.45, 7) is 3.80. The molecule has 0 aliphatic heterocycles. The van der Waals surface area contributed by atoms with Crippen LogP contribution in [0.4, 0.5) is 0 Å². The lowest BCUT2D eigenvalue weighted by Gasteiger charge is -2.15. The number of amides is 1. The monoisotopic (exact) mass is 116 g/mol. The predicted molar refractivity (Wildman–Crippen MR) is 29.8 cm³/mol. The number of nitrogens with zero attached hydrogens (tertiary/aromatic N) is 1. The van der Waals surface area contributed by atoms with Crippen LogP contribution in [0.15, 0.2) is 0 Å². The van der Waals surface area contributed by atoms with Crippen molar-refractivity contribution in [2.75, 3.05) is 6.54 Å². The van der Waals surface area contributed by atoms with Crippen LogP contribution < -0.4 is 0 Å². The molecular formula is C5H10NO2. The van der Waals surface area contributed by atoms with E-state index in [0.717, 1.165) is 0 Å². The Labute approximate surface area is 48.9 Å². The standard InChI is InChI=1S/C5H10NO2/c1-3-6(4-7)5(2)8/h5,8H,3H2,1-2H3. The lowest BCUT2D eigenvalue weighted by Crippen LogP contribution is -2.30. The Balaban J connectivity index is 3.51. The second kappa shape index (κ2) is 3.43. The minimum absolute atomic E-state index is 0.501. The molecule has 0 aliphatic carbocycles. The van der Waals surface area contributed by atoms with Gasteiger partial charge in [0.25, 0.3) is 0 Å². The smallest absolute Gasteiger partial charge is 0.314 e. The van der Waals surface area contributed by atoms with Gasteiger partial charge in [0.15, 0.2) is 0 Å². The highest BCUT2D eigenvalue weighted by Crippen LogP contribution is 1.87. The van der Waals surface area contributed by atoms with Gasteiger partial charge in [-0.25, -0.2) is 0 Å². The summed E-state index contributed by atoms with van der Waals surface area (Å²) in [6, 6.07) is 0. The molecule has 0 fully saturated rings. The molecule has 0 saturated carbocycles. The Bertz CT molecular complexity index is 72.8. The maximum atomic E-state index is 9.82. The van der Waals surface area contributed by atoms with E-state index in [0.29, 0.717) is 6.54 Å². The molecule has 0 aromatic heterocycles. The van der Waals surface area contributed by atoms with Crippen molar-refractivity contribution in [3.63, 3.8) is 0 Å². The van der Waals surface area contributed by atoms with Gasteiger partial charge in [-0.1, -0.05) is 0 Å². The topological polar surface area (TPSA) is 40.5 Å².